The average Bonchev–Trinajstić information content (AvgIpc) is 3.02. The van der Waals surface area contributed by atoms with Gasteiger partial charge in [0.2, 0.25) is 0 Å². The zero-order valence-electron chi connectivity index (χ0n) is 22.5. The summed E-state index contributed by atoms with van der Waals surface area (Å²) in [6, 6.07) is 38.2. The quantitative estimate of drug-likeness (QED) is 0.197. The van der Waals surface area contributed by atoms with Gasteiger partial charge in [0.15, 0.2) is 0 Å². The number of ether oxygens (including phenoxy) is 2. The summed E-state index contributed by atoms with van der Waals surface area (Å²) in [6.45, 7) is 2.34. The number of rotatable bonds is 9. The fourth-order valence-electron chi connectivity index (χ4n) is 4.87. The fraction of sp³-hybridized carbons (Fsp3) is 0.114. The monoisotopic (exact) mass is 564 g/mol. The van der Waals surface area contributed by atoms with Crippen molar-refractivity contribution in [3.05, 3.63) is 144 Å². The van der Waals surface area contributed by atoms with Gasteiger partial charge in [0.1, 0.15) is 30.1 Å². The summed E-state index contributed by atoms with van der Waals surface area (Å²) < 4.78 is 11.9. The number of aliphatic carboxylic acids is 1. The molecule has 0 spiro atoms. The van der Waals surface area contributed by atoms with Crippen LogP contribution in [0.3, 0.4) is 0 Å². The van der Waals surface area contributed by atoms with Gasteiger partial charge in [-0.05, 0) is 66.6 Å². The van der Waals surface area contributed by atoms with Gasteiger partial charge in [-0.1, -0.05) is 72.8 Å². The summed E-state index contributed by atoms with van der Waals surface area (Å²) in [6.07, 6.45) is 0. The number of fused-ring (bicyclic) bond motifs is 2. The predicted molar refractivity (Wildman–Crippen MR) is 166 cm³/mol. The molecule has 0 aliphatic rings. The number of carbonyl (C=O) groups is 1. The van der Waals surface area contributed by atoms with Gasteiger partial charge >= 0.3 is 35.5 Å². The SMILES string of the molecule is CC(C(=O)O)(c1ccc(OCc2ccc3ccccc3n2)cc1)c1ccc(OCc2ccc3ccccc3n2)cc1.[NaH]. The number of carboxylic acids is 1. The average molecular weight is 565 g/mol. The van der Waals surface area contributed by atoms with Crippen LogP contribution in [0, 0.1) is 0 Å². The van der Waals surface area contributed by atoms with Crippen molar-refractivity contribution in [2.24, 2.45) is 0 Å². The first-order valence-corrected chi connectivity index (χ1v) is 13.4. The minimum absolute atomic E-state index is 0. The molecule has 2 heterocycles. The van der Waals surface area contributed by atoms with Gasteiger partial charge in [0.25, 0.3) is 0 Å². The van der Waals surface area contributed by atoms with Gasteiger partial charge in [-0.15, -0.1) is 0 Å². The third-order valence-electron chi connectivity index (χ3n) is 7.38. The van der Waals surface area contributed by atoms with Crippen LogP contribution in [0.1, 0.15) is 29.4 Å². The molecule has 1 N–H and O–H groups in total. The van der Waals surface area contributed by atoms with E-state index in [0.717, 1.165) is 33.2 Å². The first-order valence-electron chi connectivity index (χ1n) is 13.4. The van der Waals surface area contributed by atoms with Gasteiger partial charge in [0.05, 0.1) is 22.4 Å². The van der Waals surface area contributed by atoms with Crippen molar-refractivity contribution in [1.82, 2.24) is 9.97 Å². The number of pyridine rings is 2. The van der Waals surface area contributed by atoms with Crippen LogP contribution in [0.2, 0.25) is 0 Å². The van der Waals surface area contributed by atoms with Crippen molar-refractivity contribution in [3.63, 3.8) is 0 Å². The molecule has 6 nitrogen and oxygen atoms in total. The van der Waals surface area contributed by atoms with Crippen molar-refractivity contribution in [3.8, 4) is 11.5 Å². The van der Waals surface area contributed by atoms with Crippen LogP contribution < -0.4 is 9.47 Å². The van der Waals surface area contributed by atoms with Crippen molar-refractivity contribution in [2.75, 3.05) is 0 Å². The molecule has 0 fully saturated rings. The van der Waals surface area contributed by atoms with Gasteiger partial charge in [-0.3, -0.25) is 4.79 Å². The van der Waals surface area contributed by atoms with E-state index in [0.29, 0.717) is 35.8 Å². The van der Waals surface area contributed by atoms with E-state index < -0.39 is 11.4 Å². The zero-order valence-corrected chi connectivity index (χ0v) is 22.5. The molecule has 6 rings (SSSR count). The molecule has 0 aliphatic heterocycles. The van der Waals surface area contributed by atoms with Crippen LogP contribution in [-0.4, -0.2) is 50.6 Å². The Bertz CT molecular complexity index is 1710. The van der Waals surface area contributed by atoms with Crippen LogP contribution in [0.25, 0.3) is 21.8 Å². The third-order valence-corrected chi connectivity index (χ3v) is 7.38. The summed E-state index contributed by atoms with van der Waals surface area (Å²) >= 11 is 0. The molecule has 0 bridgehead atoms. The Balaban J connectivity index is 0.00000353. The van der Waals surface area contributed by atoms with E-state index in [1.54, 1.807) is 55.5 Å². The van der Waals surface area contributed by atoms with Gasteiger partial charge in [-0.2, -0.15) is 0 Å². The van der Waals surface area contributed by atoms with Gasteiger partial charge < -0.3 is 14.6 Å². The molecule has 0 atom stereocenters. The Hall–Kier alpha value is -4.23. The van der Waals surface area contributed by atoms with E-state index in [-0.39, 0.29) is 29.6 Å². The molecular weight excluding hydrogens is 535 g/mol. The van der Waals surface area contributed by atoms with Crippen LogP contribution in [-0.2, 0) is 23.4 Å². The van der Waals surface area contributed by atoms with Crippen molar-refractivity contribution < 1.29 is 19.4 Å². The maximum atomic E-state index is 12.5. The summed E-state index contributed by atoms with van der Waals surface area (Å²) in [5, 5.41) is 12.4. The van der Waals surface area contributed by atoms with Gasteiger partial charge in [-0.25, -0.2) is 9.97 Å². The summed E-state index contributed by atoms with van der Waals surface area (Å²) in [4.78, 5) is 21.8. The van der Waals surface area contributed by atoms with Crippen molar-refractivity contribution in [1.29, 1.82) is 0 Å². The van der Waals surface area contributed by atoms with E-state index in [1.165, 1.54) is 0 Å². The van der Waals surface area contributed by atoms with Gasteiger partial charge in [0, 0.05) is 10.8 Å². The molecule has 7 heteroatoms. The fourth-order valence-corrected chi connectivity index (χ4v) is 4.87. The summed E-state index contributed by atoms with van der Waals surface area (Å²) in [5.41, 5.74) is 3.52. The number of para-hydroxylation sites is 2. The number of hydrogen-bond donors (Lipinski definition) is 1. The van der Waals surface area contributed by atoms with Crippen LogP contribution >= 0.6 is 0 Å². The van der Waals surface area contributed by atoms with E-state index in [2.05, 4.69) is 9.97 Å². The van der Waals surface area contributed by atoms with E-state index in [9.17, 15) is 9.90 Å². The molecule has 0 radical (unpaired) electrons. The van der Waals surface area contributed by atoms with E-state index in [4.69, 9.17) is 9.47 Å². The van der Waals surface area contributed by atoms with Crippen molar-refractivity contribution >= 4 is 57.3 Å². The molecule has 0 aliphatic carbocycles. The number of carboxylic acid groups (broad SMARTS) is 1. The maximum absolute atomic E-state index is 12.5. The van der Waals surface area contributed by atoms with Crippen LogP contribution in [0.5, 0.6) is 11.5 Å². The number of nitrogens with zero attached hydrogens (tertiary/aromatic N) is 2. The first-order chi connectivity index (χ1) is 20.0. The summed E-state index contributed by atoms with van der Waals surface area (Å²) in [7, 11) is 0. The standard InChI is InChI=1S/C35H28N2O4.Na.H/c1-35(34(38)39,26-12-18-30(19-13-26)40-22-28-16-10-24-6-2-4-8-32(24)36-28)27-14-20-31(21-15-27)41-23-29-17-11-25-7-3-5-9-33(25)37-29;;/h2-21H,22-23H2,1H3,(H,38,39);;. The Morgan fingerprint density at radius 2 is 1.02 bits per heavy atom. The number of benzene rings is 4. The first kappa shape index (κ1) is 29.3. The molecule has 0 saturated heterocycles. The predicted octanol–water partition coefficient (Wildman–Crippen LogP) is 6.68. The molecule has 6 aromatic rings. The molecule has 2 aromatic heterocycles. The van der Waals surface area contributed by atoms with Crippen LogP contribution in [0.4, 0.5) is 0 Å². The molecule has 204 valence electrons. The molecule has 0 amide bonds. The Kier molecular flexibility index (Phi) is 8.88. The molecule has 0 unspecified atom stereocenters. The van der Waals surface area contributed by atoms with Crippen molar-refractivity contribution in [2.45, 2.75) is 25.6 Å². The second-order valence-electron chi connectivity index (χ2n) is 10.0. The summed E-state index contributed by atoms with van der Waals surface area (Å²) in [5.74, 6) is 0.338. The normalized spacial score (nSPS) is 11.2. The second kappa shape index (κ2) is 12.7. The second-order valence-corrected chi connectivity index (χ2v) is 10.0. The zero-order chi connectivity index (χ0) is 28.2. The molecular formula is C35H29N2NaO4. The number of hydrogen-bond acceptors (Lipinski definition) is 5. The van der Waals surface area contributed by atoms with E-state index in [1.807, 2.05) is 72.8 Å². The Morgan fingerprint density at radius 1 is 0.619 bits per heavy atom. The Labute approximate surface area is 266 Å². The Morgan fingerprint density at radius 3 is 1.43 bits per heavy atom. The van der Waals surface area contributed by atoms with E-state index >= 15 is 0 Å². The third kappa shape index (κ3) is 6.16. The number of aromatic nitrogens is 2. The molecule has 42 heavy (non-hydrogen) atoms. The topological polar surface area (TPSA) is 81.5 Å². The minimum atomic E-state index is -1.25. The molecule has 0 saturated carbocycles. The molecule has 4 aromatic carbocycles. The van der Waals surface area contributed by atoms with Crippen LogP contribution in [0.15, 0.2) is 121 Å².